The molecule has 0 saturated heterocycles. The third-order valence-corrected chi connectivity index (χ3v) is 6.15. The maximum Gasteiger partial charge on any atom is 0.0353 e. The van der Waals surface area contributed by atoms with Crippen molar-refractivity contribution in [2.24, 2.45) is 0 Å². The van der Waals surface area contributed by atoms with Gasteiger partial charge >= 0.3 is 0 Å². The highest BCUT2D eigenvalue weighted by Gasteiger charge is 2.31. The Kier molecular flexibility index (Phi) is 3.08. The van der Waals surface area contributed by atoms with E-state index in [0.717, 1.165) is 8.95 Å². The lowest BCUT2D eigenvalue weighted by atomic mass is 9.82. The first-order valence-electron chi connectivity index (χ1n) is 7.92. The van der Waals surface area contributed by atoms with Gasteiger partial charge in [0.1, 0.15) is 0 Å². The average Bonchev–Trinajstić information content (AvgIpc) is 2.81. The molecule has 0 radical (unpaired) electrons. The summed E-state index contributed by atoms with van der Waals surface area (Å²) in [6.45, 7) is 0. The van der Waals surface area contributed by atoms with E-state index in [2.05, 4.69) is 86.5 Å². The smallest absolute Gasteiger partial charge is 0.0353 e. The van der Waals surface area contributed by atoms with Crippen molar-refractivity contribution in [2.45, 2.75) is 18.8 Å². The molecule has 2 aliphatic rings. The van der Waals surface area contributed by atoms with Crippen LogP contribution in [0.1, 0.15) is 33.7 Å². The molecule has 0 spiro atoms. The summed E-state index contributed by atoms with van der Waals surface area (Å²) in [6.07, 6.45) is 2.47. The molecular weight excluding hydrogens is 412 g/mol. The third kappa shape index (κ3) is 2.08. The monoisotopic (exact) mass is 424 g/mol. The fraction of sp³-hybridized carbons (Fsp3) is 0.143. The van der Waals surface area contributed by atoms with E-state index in [-0.39, 0.29) is 0 Å². The van der Waals surface area contributed by atoms with E-state index < -0.39 is 0 Å². The number of fused-ring (bicyclic) bond motifs is 4. The van der Waals surface area contributed by atoms with Crippen molar-refractivity contribution in [1.82, 2.24) is 0 Å². The number of benzene rings is 3. The van der Waals surface area contributed by atoms with Gasteiger partial charge in [0.15, 0.2) is 0 Å². The summed E-state index contributed by atoms with van der Waals surface area (Å²) >= 11 is 7.30. The number of aryl methyl sites for hydroxylation is 2. The molecule has 0 aliphatic heterocycles. The topological polar surface area (TPSA) is 0 Å². The van der Waals surface area contributed by atoms with Gasteiger partial charge in [-0.3, -0.25) is 0 Å². The second-order valence-electron chi connectivity index (χ2n) is 6.42. The maximum atomic E-state index is 3.65. The molecule has 0 saturated carbocycles. The van der Waals surface area contributed by atoms with Crippen molar-refractivity contribution in [3.63, 3.8) is 0 Å². The lowest BCUT2D eigenvalue weighted by Gasteiger charge is -2.22. The minimum atomic E-state index is 0.334. The van der Waals surface area contributed by atoms with E-state index in [0.29, 0.717) is 5.92 Å². The number of rotatable bonds is 1. The standard InChI is InChI=1S/C21H14Br2/c22-15-5-7-17-18-8-6-16(23)11-20(18)21(19(17)10-15)14-4-2-12-1-3-13(12)9-14/h2,4-11,21H,1,3H2. The summed E-state index contributed by atoms with van der Waals surface area (Å²) < 4.78 is 2.30. The van der Waals surface area contributed by atoms with E-state index in [4.69, 9.17) is 0 Å². The Morgan fingerprint density at radius 3 is 1.78 bits per heavy atom. The molecule has 112 valence electrons. The van der Waals surface area contributed by atoms with E-state index in [9.17, 15) is 0 Å². The van der Waals surface area contributed by atoms with Crippen molar-refractivity contribution < 1.29 is 0 Å². The van der Waals surface area contributed by atoms with Gasteiger partial charge in [0.25, 0.3) is 0 Å². The third-order valence-electron chi connectivity index (χ3n) is 5.17. The molecule has 0 fully saturated rings. The molecule has 0 amide bonds. The van der Waals surface area contributed by atoms with Gasteiger partial charge in [0.2, 0.25) is 0 Å². The predicted molar refractivity (Wildman–Crippen MR) is 102 cm³/mol. The second-order valence-corrected chi connectivity index (χ2v) is 8.26. The van der Waals surface area contributed by atoms with Gasteiger partial charge in [-0.2, -0.15) is 0 Å². The molecule has 0 atom stereocenters. The highest BCUT2D eigenvalue weighted by Crippen LogP contribution is 2.49. The van der Waals surface area contributed by atoms with Gasteiger partial charge in [0, 0.05) is 14.9 Å². The van der Waals surface area contributed by atoms with E-state index in [1.807, 2.05) is 0 Å². The predicted octanol–water partition coefficient (Wildman–Crippen LogP) is 6.47. The molecule has 3 aromatic rings. The SMILES string of the molecule is Brc1ccc2c(c1)C(c1ccc3c(c1)CC3)c1cc(Br)ccc1-2. The molecule has 23 heavy (non-hydrogen) atoms. The highest BCUT2D eigenvalue weighted by molar-refractivity contribution is 9.10. The first kappa shape index (κ1) is 14.0. The summed E-state index contributed by atoms with van der Waals surface area (Å²) in [4.78, 5) is 0. The van der Waals surface area contributed by atoms with Crippen LogP contribution in [0.5, 0.6) is 0 Å². The van der Waals surface area contributed by atoms with Crippen molar-refractivity contribution >= 4 is 31.9 Å². The molecule has 5 rings (SSSR count). The van der Waals surface area contributed by atoms with Crippen molar-refractivity contribution in [3.05, 3.63) is 91.4 Å². The van der Waals surface area contributed by atoms with Crippen LogP contribution in [0.15, 0.2) is 63.5 Å². The van der Waals surface area contributed by atoms with Crippen LogP contribution < -0.4 is 0 Å². The van der Waals surface area contributed by atoms with Gasteiger partial charge in [0.05, 0.1) is 0 Å². The Balaban J connectivity index is 1.78. The average molecular weight is 426 g/mol. The number of halogens is 2. The number of hydrogen-bond donors (Lipinski definition) is 0. The van der Waals surface area contributed by atoms with E-state index >= 15 is 0 Å². The normalized spacial score (nSPS) is 14.9. The van der Waals surface area contributed by atoms with E-state index in [1.165, 1.54) is 51.8 Å². The molecular formula is C21H14Br2. The molecule has 0 N–H and O–H groups in total. The zero-order chi connectivity index (χ0) is 15.6. The van der Waals surface area contributed by atoms with Crippen molar-refractivity contribution in [1.29, 1.82) is 0 Å². The summed E-state index contributed by atoms with van der Waals surface area (Å²) in [7, 11) is 0. The Morgan fingerprint density at radius 2 is 1.26 bits per heavy atom. The summed E-state index contributed by atoms with van der Waals surface area (Å²) in [5, 5.41) is 0. The first-order valence-corrected chi connectivity index (χ1v) is 9.50. The van der Waals surface area contributed by atoms with Gasteiger partial charge < -0.3 is 0 Å². The van der Waals surface area contributed by atoms with Crippen molar-refractivity contribution in [2.75, 3.05) is 0 Å². The van der Waals surface area contributed by atoms with Gasteiger partial charge in [-0.25, -0.2) is 0 Å². The Bertz CT molecular complexity index is 905. The van der Waals surface area contributed by atoms with Crippen LogP contribution in [0, 0.1) is 0 Å². The quantitative estimate of drug-likeness (QED) is 0.327. The van der Waals surface area contributed by atoms with Crippen LogP contribution in [0.2, 0.25) is 0 Å². The Morgan fingerprint density at radius 1 is 0.652 bits per heavy atom. The van der Waals surface area contributed by atoms with Gasteiger partial charge in [-0.15, -0.1) is 0 Å². The number of hydrogen-bond acceptors (Lipinski definition) is 0. The molecule has 0 unspecified atom stereocenters. The lowest BCUT2D eigenvalue weighted by Crippen LogP contribution is -2.10. The van der Waals surface area contributed by atoms with Crippen LogP contribution in [-0.4, -0.2) is 0 Å². The molecule has 0 nitrogen and oxygen atoms in total. The van der Waals surface area contributed by atoms with Crippen LogP contribution in [-0.2, 0) is 12.8 Å². The first-order chi connectivity index (χ1) is 11.2. The van der Waals surface area contributed by atoms with Crippen LogP contribution in [0.4, 0.5) is 0 Å². The molecule has 2 heteroatoms. The second kappa shape index (κ2) is 5.06. The zero-order valence-corrected chi connectivity index (χ0v) is 15.6. The van der Waals surface area contributed by atoms with E-state index in [1.54, 1.807) is 0 Å². The van der Waals surface area contributed by atoms with Crippen molar-refractivity contribution in [3.8, 4) is 11.1 Å². The minimum Gasteiger partial charge on any atom is -0.0584 e. The van der Waals surface area contributed by atoms with Gasteiger partial charge in [-0.1, -0.05) is 62.2 Å². The Hall–Kier alpha value is -1.38. The van der Waals surface area contributed by atoms with Crippen LogP contribution >= 0.6 is 31.9 Å². The summed E-state index contributed by atoms with van der Waals surface area (Å²) in [6, 6.07) is 20.4. The molecule has 0 bridgehead atoms. The van der Waals surface area contributed by atoms with Gasteiger partial charge in [-0.05, 0) is 76.1 Å². The molecule has 3 aromatic carbocycles. The summed E-state index contributed by atoms with van der Waals surface area (Å²) in [5.74, 6) is 0.334. The Labute approximate surface area is 152 Å². The molecule has 2 aliphatic carbocycles. The fourth-order valence-electron chi connectivity index (χ4n) is 3.96. The minimum absolute atomic E-state index is 0.334. The largest absolute Gasteiger partial charge is 0.0584 e. The fourth-order valence-corrected chi connectivity index (χ4v) is 4.71. The lowest BCUT2D eigenvalue weighted by molar-refractivity contribution is 0.829. The van der Waals surface area contributed by atoms with Crippen LogP contribution in [0.3, 0.4) is 0 Å². The highest BCUT2D eigenvalue weighted by atomic mass is 79.9. The maximum absolute atomic E-state index is 3.65. The zero-order valence-electron chi connectivity index (χ0n) is 12.4. The van der Waals surface area contributed by atoms with Crippen LogP contribution in [0.25, 0.3) is 11.1 Å². The molecule has 0 aromatic heterocycles. The summed E-state index contributed by atoms with van der Waals surface area (Å²) in [5.41, 5.74) is 10.0. The molecule has 0 heterocycles.